The van der Waals surface area contributed by atoms with Gasteiger partial charge in [0, 0.05) is 0 Å². The zero-order valence-electron chi connectivity index (χ0n) is 8.44. The van der Waals surface area contributed by atoms with Crippen LogP contribution in [-0.4, -0.2) is 17.9 Å². The van der Waals surface area contributed by atoms with E-state index in [0.717, 1.165) is 25.8 Å². The van der Waals surface area contributed by atoms with Gasteiger partial charge in [-0.05, 0) is 32.7 Å². The Morgan fingerprint density at radius 3 is 2.85 bits per heavy atom. The van der Waals surface area contributed by atoms with E-state index in [1.54, 1.807) is 6.92 Å². The van der Waals surface area contributed by atoms with Crippen molar-refractivity contribution in [3.8, 4) is 11.8 Å². The van der Waals surface area contributed by atoms with Gasteiger partial charge in [-0.2, -0.15) is 0 Å². The van der Waals surface area contributed by atoms with Gasteiger partial charge in [-0.15, -0.1) is 5.92 Å². The molecule has 0 radical (unpaired) electrons. The molecule has 72 valence electrons. The van der Waals surface area contributed by atoms with E-state index in [4.69, 9.17) is 0 Å². The molecule has 0 spiro atoms. The van der Waals surface area contributed by atoms with Gasteiger partial charge in [0.2, 0.25) is 0 Å². The van der Waals surface area contributed by atoms with Crippen LogP contribution in [0.4, 0.5) is 0 Å². The van der Waals surface area contributed by atoms with Crippen LogP contribution in [0.15, 0.2) is 0 Å². The fraction of sp³-hybridized carbons (Fsp3) is 0.727. The predicted octanol–water partition coefficient (Wildman–Crippen LogP) is 1.50. The Labute approximate surface area is 80.1 Å². The van der Waals surface area contributed by atoms with E-state index in [0.29, 0.717) is 6.42 Å². The second-order valence-electron chi connectivity index (χ2n) is 3.49. The second-order valence-corrected chi connectivity index (χ2v) is 3.49. The summed E-state index contributed by atoms with van der Waals surface area (Å²) in [5, 5.41) is 3.31. The third kappa shape index (κ3) is 2.10. The molecule has 0 aromatic rings. The Hall–Kier alpha value is -0.810. The maximum Gasteiger partial charge on any atom is 0.164 e. The number of Topliss-reactive ketones (excluding diaryl/α,β-unsaturated/α-hetero) is 1. The van der Waals surface area contributed by atoms with E-state index < -0.39 is 0 Å². The molecule has 0 aromatic carbocycles. The third-order valence-electron chi connectivity index (χ3n) is 2.81. The van der Waals surface area contributed by atoms with Crippen LogP contribution in [0, 0.1) is 11.8 Å². The minimum atomic E-state index is -0.246. The number of nitrogens with one attached hydrogen (secondary N) is 1. The molecule has 1 rings (SSSR count). The van der Waals surface area contributed by atoms with Gasteiger partial charge in [0.1, 0.15) is 0 Å². The van der Waals surface area contributed by atoms with Crippen LogP contribution in [0.2, 0.25) is 0 Å². The van der Waals surface area contributed by atoms with Gasteiger partial charge >= 0.3 is 0 Å². The van der Waals surface area contributed by atoms with E-state index in [2.05, 4.69) is 24.1 Å². The Balaban J connectivity index is 2.63. The summed E-state index contributed by atoms with van der Waals surface area (Å²) in [6.45, 7) is 4.81. The number of hydrogen-bond donors (Lipinski definition) is 1. The van der Waals surface area contributed by atoms with Gasteiger partial charge in [-0.3, -0.25) is 4.79 Å². The van der Waals surface area contributed by atoms with Gasteiger partial charge in [0.15, 0.2) is 5.78 Å². The minimum Gasteiger partial charge on any atom is -0.305 e. The van der Waals surface area contributed by atoms with Crippen molar-refractivity contribution in [2.24, 2.45) is 0 Å². The summed E-state index contributed by atoms with van der Waals surface area (Å²) in [4.78, 5) is 11.8. The van der Waals surface area contributed by atoms with Crippen LogP contribution in [0.1, 0.15) is 39.5 Å². The molecule has 1 atom stereocenters. The fourth-order valence-corrected chi connectivity index (χ4v) is 1.88. The van der Waals surface area contributed by atoms with E-state index in [9.17, 15) is 4.79 Å². The first kappa shape index (κ1) is 10.3. The fourth-order valence-electron chi connectivity index (χ4n) is 1.88. The Kier molecular flexibility index (Phi) is 3.50. The number of rotatable bonds is 3. The molecule has 0 aromatic heterocycles. The number of ketones is 1. The van der Waals surface area contributed by atoms with Crippen molar-refractivity contribution in [2.45, 2.75) is 45.1 Å². The molecule has 1 heterocycles. The van der Waals surface area contributed by atoms with Crippen molar-refractivity contribution in [2.75, 3.05) is 6.54 Å². The highest BCUT2D eigenvalue weighted by molar-refractivity contribution is 5.90. The normalized spacial score (nSPS) is 26.6. The van der Waals surface area contributed by atoms with Crippen molar-refractivity contribution in [3.63, 3.8) is 0 Å². The zero-order valence-corrected chi connectivity index (χ0v) is 8.44. The van der Waals surface area contributed by atoms with Crippen molar-refractivity contribution in [1.29, 1.82) is 0 Å². The van der Waals surface area contributed by atoms with Gasteiger partial charge in [0.05, 0.1) is 12.0 Å². The average Bonchev–Trinajstić information content (AvgIpc) is 2.63. The number of hydrogen-bond acceptors (Lipinski definition) is 2. The van der Waals surface area contributed by atoms with Crippen LogP contribution < -0.4 is 5.32 Å². The molecule has 0 amide bonds. The van der Waals surface area contributed by atoms with Crippen molar-refractivity contribution in [1.82, 2.24) is 5.32 Å². The predicted molar refractivity (Wildman–Crippen MR) is 53.3 cm³/mol. The van der Waals surface area contributed by atoms with Crippen LogP contribution in [-0.2, 0) is 4.79 Å². The highest BCUT2D eigenvalue weighted by atomic mass is 16.1. The van der Waals surface area contributed by atoms with Gasteiger partial charge in [-0.1, -0.05) is 12.8 Å². The largest absolute Gasteiger partial charge is 0.305 e. The molecular weight excluding hydrogens is 162 g/mol. The van der Waals surface area contributed by atoms with Gasteiger partial charge in [0.25, 0.3) is 0 Å². The second kappa shape index (κ2) is 4.43. The van der Waals surface area contributed by atoms with E-state index in [1.165, 1.54) is 0 Å². The molecule has 2 heteroatoms. The Morgan fingerprint density at radius 2 is 2.38 bits per heavy atom. The molecule has 0 saturated carbocycles. The summed E-state index contributed by atoms with van der Waals surface area (Å²) in [5.74, 6) is 5.87. The topological polar surface area (TPSA) is 29.1 Å². The first-order chi connectivity index (χ1) is 6.25. The SMILES string of the molecule is CC#CCC(=O)C1(CC)CCCN1. The molecule has 13 heavy (non-hydrogen) atoms. The number of carbonyl (C=O) groups excluding carboxylic acids is 1. The lowest BCUT2D eigenvalue weighted by Gasteiger charge is -2.25. The molecule has 1 aliphatic rings. The summed E-state index contributed by atoms with van der Waals surface area (Å²) in [6.07, 6.45) is 3.38. The smallest absolute Gasteiger partial charge is 0.164 e. The summed E-state index contributed by atoms with van der Waals surface area (Å²) in [6, 6.07) is 0. The van der Waals surface area contributed by atoms with Gasteiger partial charge < -0.3 is 5.32 Å². The zero-order chi connectivity index (χ0) is 9.73. The van der Waals surface area contributed by atoms with Gasteiger partial charge in [-0.25, -0.2) is 0 Å². The lowest BCUT2D eigenvalue weighted by atomic mass is 9.88. The summed E-state index contributed by atoms with van der Waals surface area (Å²) in [5.41, 5.74) is -0.246. The molecular formula is C11H17NO. The molecule has 1 fully saturated rings. The molecule has 0 bridgehead atoms. The number of carbonyl (C=O) groups is 1. The molecule has 1 unspecified atom stereocenters. The standard InChI is InChI=1S/C11H17NO/c1-3-5-7-10(13)11(4-2)8-6-9-12-11/h12H,4,6-9H2,1-2H3. The quantitative estimate of drug-likeness (QED) is 0.665. The van der Waals surface area contributed by atoms with Crippen LogP contribution in [0.3, 0.4) is 0 Å². The lowest BCUT2D eigenvalue weighted by molar-refractivity contribution is -0.124. The summed E-state index contributed by atoms with van der Waals surface area (Å²) in [7, 11) is 0. The van der Waals surface area contributed by atoms with Crippen molar-refractivity contribution in [3.05, 3.63) is 0 Å². The molecule has 0 aliphatic carbocycles. The lowest BCUT2D eigenvalue weighted by Crippen LogP contribution is -2.46. The average molecular weight is 179 g/mol. The first-order valence-corrected chi connectivity index (χ1v) is 4.93. The maximum atomic E-state index is 11.8. The first-order valence-electron chi connectivity index (χ1n) is 4.93. The van der Waals surface area contributed by atoms with Crippen LogP contribution in [0.25, 0.3) is 0 Å². The van der Waals surface area contributed by atoms with E-state index in [-0.39, 0.29) is 11.3 Å². The van der Waals surface area contributed by atoms with Crippen molar-refractivity contribution >= 4 is 5.78 Å². The van der Waals surface area contributed by atoms with Crippen LogP contribution in [0.5, 0.6) is 0 Å². The van der Waals surface area contributed by atoms with Crippen LogP contribution >= 0.6 is 0 Å². The maximum absolute atomic E-state index is 11.8. The Bertz CT molecular complexity index is 241. The highest BCUT2D eigenvalue weighted by Gasteiger charge is 2.37. The van der Waals surface area contributed by atoms with E-state index in [1.807, 2.05) is 0 Å². The highest BCUT2D eigenvalue weighted by Crippen LogP contribution is 2.24. The Morgan fingerprint density at radius 1 is 1.62 bits per heavy atom. The summed E-state index contributed by atoms with van der Waals surface area (Å²) >= 11 is 0. The third-order valence-corrected chi connectivity index (χ3v) is 2.81. The molecule has 1 aliphatic heterocycles. The molecule has 1 saturated heterocycles. The monoisotopic (exact) mass is 179 g/mol. The summed E-state index contributed by atoms with van der Waals surface area (Å²) < 4.78 is 0. The van der Waals surface area contributed by atoms with Crippen molar-refractivity contribution < 1.29 is 4.79 Å². The molecule has 1 N–H and O–H groups in total. The molecule has 2 nitrogen and oxygen atoms in total. The van der Waals surface area contributed by atoms with E-state index >= 15 is 0 Å². The minimum absolute atomic E-state index is 0.246.